The molecule has 0 aliphatic heterocycles. The number of H-pyrrole nitrogens is 1. The van der Waals surface area contributed by atoms with Crippen LogP contribution in [0.3, 0.4) is 0 Å². The molecule has 2 aromatic rings. The zero-order valence-corrected chi connectivity index (χ0v) is 11.1. The van der Waals surface area contributed by atoms with E-state index in [1.165, 1.54) is 11.3 Å². The summed E-state index contributed by atoms with van der Waals surface area (Å²) in [7, 11) is 0. The molecule has 0 unspecified atom stereocenters. The van der Waals surface area contributed by atoms with E-state index in [0.29, 0.717) is 0 Å². The number of hydrogen-bond donors (Lipinski definition) is 2. The normalized spacial score (nSPS) is 12.7. The van der Waals surface area contributed by atoms with Crippen LogP contribution in [-0.2, 0) is 0 Å². The maximum atomic E-state index is 12.4. The van der Waals surface area contributed by atoms with Crippen molar-refractivity contribution >= 4 is 17.2 Å². The maximum Gasteiger partial charge on any atom is 0.279 e. The fourth-order valence-electron chi connectivity index (χ4n) is 1.49. The third-order valence-electron chi connectivity index (χ3n) is 2.49. The number of aryl methyl sites for hydroxylation is 1. The number of nitrogens with one attached hydrogen (secondary N) is 2. The van der Waals surface area contributed by atoms with Crippen LogP contribution in [0.5, 0.6) is 0 Å². The monoisotopic (exact) mass is 286 g/mol. The number of carbonyl (C=O) groups excluding carboxylic acids is 1. The van der Waals surface area contributed by atoms with E-state index in [9.17, 15) is 13.6 Å². The van der Waals surface area contributed by atoms with Crippen molar-refractivity contribution in [1.29, 1.82) is 0 Å². The van der Waals surface area contributed by atoms with Crippen LogP contribution < -0.4 is 5.32 Å². The Labute approximate surface area is 112 Å². The van der Waals surface area contributed by atoms with Gasteiger partial charge in [-0.1, -0.05) is 0 Å². The lowest BCUT2D eigenvalue weighted by Gasteiger charge is -2.09. The molecule has 5 nitrogen and oxygen atoms in total. The first kappa shape index (κ1) is 13.6. The molecule has 0 aromatic carbocycles. The van der Waals surface area contributed by atoms with Crippen molar-refractivity contribution in [3.63, 3.8) is 0 Å². The van der Waals surface area contributed by atoms with Crippen molar-refractivity contribution < 1.29 is 13.6 Å². The van der Waals surface area contributed by atoms with Gasteiger partial charge in [-0.15, -0.1) is 11.3 Å². The van der Waals surface area contributed by atoms with Crippen molar-refractivity contribution in [2.45, 2.75) is 26.3 Å². The van der Waals surface area contributed by atoms with Crippen LogP contribution in [0, 0.1) is 6.92 Å². The number of thiazole rings is 1. The molecule has 2 aromatic heterocycles. The first-order valence-corrected chi connectivity index (χ1v) is 6.41. The Morgan fingerprint density at radius 2 is 2.26 bits per heavy atom. The summed E-state index contributed by atoms with van der Waals surface area (Å²) in [6.07, 6.45) is -2.67. The Kier molecular flexibility index (Phi) is 3.89. The molecule has 1 atom stereocenters. The second kappa shape index (κ2) is 5.43. The lowest BCUT2D eigenvalue weighted by atomic mass is 10.2. The van der Waals surface area contributed by atoms with E-state index in [-0.39, 0.29) is 17.4 Å². The summed E-state index contributed by atoms with van der Waals surface area (Å²) >= 11 is 1.48. The zero-order chi connectivity index (χ0) is 14.0. The predicted molar refractivity (Wildman–Crippen MR) is 66.3 cm³/mol. The molecule has 0 fully saturated rings. The van der Waals surface area contributed by atoms with E-state index in [4.69, 9.17) is 0 Å². The summed E-state index contributed by atoms with van der Waals surface area (Å²) in [6.45, 7) is 3.64. The van der Waals surface area contributed by atoms with Crippen LogP contribution in [0.1, 0.15) is 46.3 Å². The molecular formula is C11H12F2N4OS. The number of hydrogen-bond acceptors (Lipinski definition) is 4. The Morgan fingerprint density at radius 3 is 2.79 bits per heavy atom. The molecule has 19 heavy (non-hydrogen) atoms. The van der Waals surface area contributed by atoms with Gasteiger partial charge in [0.25, 0.3) is 12.3 Å². The number of halogens is 2. The lowest BCUT2D eigenvalue weighted by molar-refractivity contribution is 0.0934. The van der Waals surface area contributed by atoms with Gasteiger partial charge < -0.3 is 5.32 Å². The van der Waals surface area contributed by atoms with Gasteiger partial charge >= 0.3 is 0 Å². The van der Waals surface area contributed by atoms with E-state index in [1.54, 1.807) is 6.92 Å². The average Bonchev–Trinajstić information content (AvgIpc) is 2.96. The van der Waals surface area contributed by atoms with Crippen molar-refractivity contribution in [3.05, 3.63) is 33.5 Å². The molecule has 0 aliphatic carbocycles. The molecule has 2 rings (SSSR count). The van der Waals surface area contributed by atoms with Gasteiger partial charge in [0.1, 0.15) is 11.4 Å². The second-order valence-corrected chi connectivity index (χ2v) is 5.06. The number of nitrogens with zero attached hydrogens (tertiary/aromatic N) is 2. The highest BCUT2D eigenvalue weighted by Gasteiger charge is 2.18. The van der Waals surface area contributed by atoms with Crippen molar-refractivity contribution in [2.24, 2.45) is 0 Å². The number of aromatic nitrogens is 3. The van der Waals surface area contributed by atoms with Crippen molar-refractivity contribution in [3.8, 4) is 0 Å². The third kappa shape index (κ3) is 3.14. The summed E-state index contributed by atoms with van der Waals surface area (Å²) in [4.78, 5) is 16.1. The van der Waals surface area contributed by atoms with Crippen LogP contribution in [0.4, 0.5) is 8.78 Å². The first-order chi connectivity index (χ1) is 8.97. The molecule has 0 spiro atoms. The molecule has 2 N–H and O–H groups in total. The summed E-state index contributed by atoms with van der Waals surface area (Å²) in [5.41, 5.74) is 0.303. The molecule has 0 radical (unpaired) electrons. The van der Waals surface area contributed by atoms with Gasteiger partial charge in [0.15, 0.2) is 0 Å². The molecular weight excluding hydrogens is 274 g/mol. The summed E-state index contributed by atoms with van der Waals surface area (Å²) in [5, 5.41) is 11.1. The highest BCUT2D eigenvalue weighted by Crippen LogP contribution is 2.18. The second-order valence-electron chi connectivity index (χ2n) is 4.00. The molecule has 2 heterocycles. The SMILES string of the molecule is Cc1nc([C@H](C)NC(=O)c2cc(C(F)F)[nH]n2)cs1. The summed E-state index contributed by atoms with van der Waals surface area (Å²) < 4.78 is 24.7. The Morgan fingerprint density at radius 1 is 1.53 bits per heavy atom. The van der Waals surface area contributed by atoms with Crippen LogP contribution in [0.15, 0.2) is 11.4 Å². The molecule has 0 saturated heterocycles. The molecule has 102 valence electrons. The van der Waals surface area contributed by atoms with E-state index in [1.807, 2.05) is 12.3 Å². The first-order valence-electron chi connectivity index (χ1n) is 5.53. The number of aromatic amines is 1. The summed E-state index contributed by atoms with van der Waals surface area (Å²) in [6, 6.07) is 0.739. The smallest absolute Gasteiger partial charge is 0.279 e. The minimum Gasteiger partial charge on any atom is -0.343 e. The lowest BCUT2D eigenvalue weighted by Crippen LogP contribution is -2.27. The Balaban J connectivity index is 2.04. The number of rotatable bonds is 4. The van der Waals surface area contributed by atoms with Crippen molar-refractivity contribution in [1.82, 2.24) is 20.5 Å². The molecule has 1 amide bonds. The van der Waals surface area contributed by atoms with Gasteiger partial charge in [-0.3, -0.25) is 9.89 Å². The largest absolute Gasteiger partial charge is 0.343 e. The Hall–Kier alpha value is -1.83. The third-order valence-corrected chi connectivity index (χ3v) is 3.29. The van der Waals surface area contributed by atoms with E-state index in [0.717, 1.165) is 16.8 Å². The number of amides is 1. The van der Waals surface area contributed by atoms with Gasteiger partial charge in [-0.2, -0.15) is 5.10 Å². The topological polar surface area (TPSA) is 70.7 Å². The van der Waals surface area contributed by atoms with Gasteiger partial charge in [-0.25, -0.2) is 13.8 Å². The van der Waals surface area contributed by atoms with Crippen LogP contribution in [0.25, 0.3) is 0 Å². The van der Waals surface area contributed by atoms with Crippen LogP contribution in [-0.4, -0.2) is 21.1 Å². The molecule has 0 aliphatic rings. The quantitative estimate of drug-likeness (QED) is 0.907. The maximum absolute atomic E-state index is 12.4. The van der Waals surface area contributed by atoms with Crippen molar-refractivity contribution in [2.75, 3.05) is 0 Å². The highest BCUT2D eigenvalue weighted by molar-refractivity contribution is 7.09. The van der Waals surface area contributed by atoms with E-state index in [2.05, 4.69) is 20.5 Å². The molecule has 0 saturated carbocycles. The minimum absolute atomic E-state index is 0.0610. The average molecular weight is 286 g/mol. The van der Waals surface area contributed by atoms with Crippen LogP contribution >= 0.6 is 11.3 Å². The fourth-order valence-corrected chi connectivity index (χ4v) is 2.19. The predicted octanol–water partition coefficient (Wildman–Crippen LogP) is 2.60. The highest BCUT2D eigenvalue weighted by atomic mass is 32.1. The van der Waals surface area contributed by atoms with E-state index >= 15 is 0 Å². The molecule has 0 bridgehead atoms. The van der Waals surface area contributed by atoms with Gasteiger partial charge in [0, 0.05) is 5.38 Å². The Bertz CT molecular complexity index is 581. The standard InChI is InChI=1S/C11H12F2N4OS/c1-5(9-4-19-6(2)15-9)14-11(18)8-3-7(10(12)13)16-17-8/h3-5,10H,1-2H3,(H,14,18)(H,16,17)/t5-/m0/s1. The number of alkyl halides is 2. The minimum atomic E-state index is -2.67. The number of carbonyl (C=O) groups is 1. The molecule has 8 heteroatoms. The van der Waals surface area contributed by atoms with Gasteiger partial charge in [-0.05, 0) is 19.9 Å². The summed E-state index contributed by atoms with van der Waals surface area (Å²) in [5.74, 6) is -0.513. The van der Waals surface area contributed by atoms with Crippen LogP contribution in [0.2, 0.25) is 0 Å². The zero-order valence-electron chi connectivity index (χ0n) is 10.3. The van der Waals surface area contributed by atoms with Gasteiger partial charge in [0.2, 0.25) is 0 Å². The fraction of sp³-hybridized carbons (Fsp3) is 0.364. The van der Waals surface area contributed by atoms with Gasteiger partial charge in [0.05, 0.1) is 16.7 Å². The van der Waals surface area contributed by atoms with E-state index < -0.39 is 12.3 Å².